The highest BCUT2D eigenvalue weighted by Crippen LogP contribution is 1.81. The Kier molecular flexibility index (Phi) is 5.46. The molecule has 0 aromatic carbocycles. The van der Waals surface area contributed by atoms with E-state index in [0.29, 0.717) is 19.6 Å². The number of carbonyl (C=O) groups excluding carboxylic acids is 1. The van der Waals surface area contributed by atoms with Crippen molar-refractivity contribution < 1.29 is 9.53 Å². The minimum absolute atomic E-state index is 0.0827. The predicted octanol–water partition coefficient (Wildman–Crippen LogP) is -0.0592. The highest BCUT2D eigenvalue weighted by atomic mass is 16.5. The predicted molar refractivity (Wildman–Crippen MR) is 35.2 cm³/mol. The van der Waals surface area contributed by atoms with Gasteiger partial charge in [-0.3, -0.25) is 4.79 Å². The van der Waals surface area contributed by atoms with Crippen molar-refractivity contribution in [2.75, 3.05) is 19.8 Å². The summed E-state index contributed by atoms with van der Waals surface area (Å²) in [5.41, 5.74) is 5.12. The fraction of sp³-hybridized carbons (Fsp3) is 0.833. The van der Waals surface area contributed by atoms with Gasteiger partial charge in [0.05, 0.1) is 0 Å². The molecule has 3 nitrogen and oxygen atoms in total. The molecule has 9 heavy (non-hydrogen) atoms. The normalized spacial score (nSPS) is 9.56. The van der Waals surface area contributed by atoms with Crippen molar-refractivity contribution in [2.45, 2.75) is 13.3 Å². The smallest absolute Gasteiger partial charge is 0.159 e. The molecule has 3 heteroatoms. The van der Waals surface area contributed by atoms with Gasteiger partial charge in [-0.15, -0.1) is 0 Å². The molecule has 0 aliphatic heterocycles. The maximum atomic E-state index is 10.6. The van der Waals surface area contributed by atoms with Crippen LogP contribution in [0.1, 0.15) is 13.3 Å². The minimum Gasteiger partial charge on any atom is -0.374 e. The lowest BCUT2D eigenvalue weighted by Crippen LogP contribution is -2.13. The summed E-state index contributed by atoms with van der Waals surface area (Å²) in [6.45, 7) is 3.09. The third-order valence-electron chi connectivity index (χ3n) is 0.890. The van der Waals surface area contributed by atoms with Gasteiger partial charge >= 0.3 is 0 Å². The van der Waals surface area contributed by atoms with Crippen LogP contribution in [-0.2, 0) is 9.53 Å². The second-order valence-corrected chi connectivity index (χ2v) is 1.71. The van der Waals surface area contributed by atoms with Crippen LogP contribution < -0.4 is 5.73 Å². The largest absolute Gasteiger partial charge is 0.374 e. The lowest BCUT2D eigenvalue weighted by atomic mass is 10.3. The van der Waals surface area contributed by atoms with Gasteiger partial charge in [-0.2, -0.15) is 0 Å². The van der Waals surface area contributed by atoms with Gasteiger partial charge in [0.25, 0.3) is 0 Å². The average Bonchev–Trinajstić information content (AvgIpc) is 1.85. The van der Waals surface area contributed by atoms with Crippen molar-refractivity contribution >= 4 is 5.78 Å². The summed E-state index contributed by atoms with van der Waals surface area (Å²) in [5.74, 6) is 0.0827. The molecule has 0 aliphatic rings. The first-order chi connectivity index (χ1) is 4.31. The topological polar surface area (TPSA) is 52.3 Å². The molecule has 0 amide bonds. The van der Waals surface area contributed by atoms with Gasteiger partial charge in [0.1, 0.15) is 6.61 Å². The molecule has 54 valence electrons. The van der Waals surface area contributed by atoms with E-state index in [1.54, 1.807) is 0 Å². The highest BCUT2D eigenvalue weighted by molar-refractivity contribution is 5.79. The zero-order valence-corrected chi connectivity index (χ0v) is 5.72. The van der Waals surface area contributed by atoms with E-state index in [2.05, 4.69) is 0 Å². The fourth-order valence-electron chi connectivity index (χ4n) is 0.449. The first kappa shape index (κ1) is 8.59. The lowest BCUT2D eigenvalue weighted by Gasteiger charge is -1.96. The van der Waals surface area contributed by atoms with E-state index in [9.17, 15) is 4.79 Å². The number of Topliss-reactive ketones (excluding diaryl/α,β-unsaturated/α-hetero) is 1. The second-order valence-electron chi connectivity index (χ2n) is 1.71. The number of ketones is 1. The third kappa shape index (κ3) is 5.46. The first-order valence-electron chi connectivity index (χ1n) is 3.10. The quantitative estimate of drug-likeness (QED) is 0.568. The van der Waals surface area contributed by atoms with Crippen molar-refractivity contribution in [2.24, 2.45) is 5.73 Å². The molecule has 0 spiro atoms. The number of nitrogens with two attached hydrogens (primary N) is 1. The van der Waals surface area contributed by atoms with Crippen molar-refractivity contribution in [1.82, 2.24) is 0 Å². The van der Waals surface area contributed by atoms with Crippen LogP contribution in [-0.4, -0.2) is 25.5 Å². The molecule has 0 bridgehead atoms. The molecule has 0 saturated heterocycles. The molecule has 0 aromatic rings. The van der Waals surface area contributed by atoms with Crippen LogP contribution in [0.2, 0.25) is 0 Å². The van der Waals surface area contributed by atoms with Crippen molar-refractivity contribution in [3.05, 3.63) is 0 Å². The Balaban J connectivity index is 3.06. The van der Waals surface area contributed by atoms with Gasteiger partial charge < -0.3 is 10.5 Å². The molecular weight excluding hydrogens is 118 g/mol. The Morgan fingerprint density at radius 3 is 2.78 bits per heavy atom. The van der Waals surface area contributed by atoms with Gasteiger partial charge in [-0.1, -0.05) is 0 Å². The first-order valence-corrected chi connectivity index (χ1v) is 3.10. The van der Waals surface area contributed by atoms with Gasteiger partial charge in [-0.05, 0) is 13.5 Å². The molecule has 0 rings (SSSR count). The summed E-state index contributed by atoms with van der Waals surface area (Å²) < 4.78 is 4.84. The number of carbonyl (C=O) groups is 1. The second kappa shape index (κ2) is 5.72. The maximum absolute atomic E-state index is 10.6. The van der Waals surface area contributed by atoms with Gasteiger partial charge in [0, 0.05) is 13.0 Å². The van der Waals surface area contributed by atoms with Gasteiger partial charge in [-0.25, -0.2) is 0 Å². The van der Waals surface area contributed by atoms with E-state index < -0.39 is 0 Å². The fourth-order valence-corrected chi connectivity index (χ4v) is 0.449. The molecule has 0 saturated carbocycles. The van der Waals surface area contributed by atoms with E-state index in [1.807, 2.05) is 6.92 Å². The van der Waals surface area contributed by atoms with E-state index >= 15 is 0 Å². The van der Waals surface area contributed by atoms with Crippen LogP contribution in [0.15, 0.2) is 0 Å². The zero-order valence-electron chi connectivity index (χ0n) is 5.72. The SMILES string of the molecule is CCOCC(=O)CCN. The van der Waals surface area contributed by atoms with Crippen LogP contribution >= 0.6 is 0 Å². The maximum Gasteiger partial charge on any atom is 0.159 e. The molecular formula is C6H13NO2. The molecule has 0 atom stereocenters. The lowest BCUT2D eigenvalue weighted by molar-refractivity contribution is -0.123. The number of hydrogen-bond acceptors (Lipinski definition) is 3. The Morgan fingerprint density at radius 1 is 1.67 bits per heavy atom. The average molecular weight is 131 g/mol. The molecule has 2 N–H and O–H groups in total. The number of hydrogen-bond donors (Lipinski definition) is 1. The molecule has 0 aromatic heterocycles. The van der Waals surface area contributed by atoms with Crippen molar-refractivity contribution in [3.8, 4) is 0 Å². The monoisotopic (exact) mass is 131 g/mol. The van der Waals surface area contributed by atoms with E-state index in [-0.39, 0.29) is 12.4 Å². The van der Waals surface area contributed by atoms with Crippen molar-refractivity contribution in [1.29, 1.82) is 0 Å². The Labute approximate surface area is 55.2 Å². The molecule has 0 radical (unpaired) electrons. The molecule has 0 unspecified atom stereocenters. The van der Waals surface area contributed by atoms with Gasteiger partial charge in [0.2, 0.25) is 0 Å². The Hall–Kier alpha value is -0.410. The van der Waals surface area contributed by atoms with E-state index in [0.717, 1.165) is 0 Å². The van der Waals surface area contributed by atoms with Crippen LogP contribution in [0.5, 0.6) is 0 Å². The highest BCUT2D eigenvalue weighted by Gasteiger charge is 1.97. The standard InChI is InChI=1S/C6H13NO2/c1-2-9-5-6(8)3-4-7/h2-5,7H2,1H3. The van der Waals surface area contributed by atoms with Crippen molar-refractivity contribution in [3.63, 3.8) is 0 Å². The summed E-state index contributed by atoms with van der Waals surface area (Å²) in [6.07, 6.45) is 0.431. The summed E-state index contributed by atoms with van der Waals surface area (Å²) >= 11 is 0. The third-order valence-corrected chi connectivity index (χ3v) is 0.890. The van der Waals surface area contributed by atoms with E-state index in [4.69, 9.17) is 10.5 Å². The summed E-state index contributed by atoms with van der Waals surface area (Å²) in [6, 6.07) is 0. The Morgan fingerprint density at radius 2 is 2.33 bits per heavy atom. The summed E-state index contributed by atoms with van der Waals surface area (Å²) in [4.78, 5) is 10.6. The zero-order chi connectivity index (χ0) is 7.11. The Bertz CT molecular complexity index is 83.1. The van der Waals surface area contributed by atoms with Crippen LogP contribution in [0.25, 0.3) is 0 Å². The molecule has 0 heterocycles. The summed E-state index contributed by atoms with van der Waals surface area (Å²) in [5, 5.41) is 0. The number of ether oxygens (including phenoxy) is 1. The van der Waals surface area contributed by atoms with Crippen LogP contribution in [0.4, 0.5) is 0 Å². The minimum atomic E-state index is 0.0827. The number of rotatable bonds is 5. The summed E-state index contributed by atoms with van der Waals surface area (Å²) in [7, 11) is 0. The van der Waals surface area contributed by atoms with E-state index in [1.165, 1.54) is 0 Å². The van der Waals surface area contributed by atoms with Gasteiger partial charge in [0.15, 0.2) is 5.78 Å². The van der Waals surface area contributed by atoms with Crippen LogP contribution in [0, 0.1) is 0 Å². The van der Waals surface area contributed by atoms with Crippen LogP contribution in [0.3, 0.4) is 0 Å². The molecule has 0 aliphatic carbocycles. The molecule has 0 fully saturated rings.